The predicted molar refractivity (Wildman–Crippen MR) is 63.2 cm³/mol. The van der Waals surface area contributed by atoms with Crippen molar-refractivity contribution in [2.45, 2.75) is 18.9 Å². The van der Waals surface area contributed by atoms with Crippen LogP contribution in [0, 0.1) is 0 Å². The van der Waals surface area contributed by atoms with E-state index in [2.05, 4.69) is 33.3 Å². The zero-order valence-electron chi connectivity index (χ0n) is 9.18. The number of anilines is 2. The third-order valence-corrected chi connectivity index (χ3v) is 3.79. The predicted octanol–water partition coefficient (Wildman–Crippen LogP) is 0.651. The van der Waals surface area contributed by atoms with Crippen molar-refractivity contribution in [3.63, 3.8) is 0 Å². The Balaban J connectivity index is 1.99. The van der Waals surface area contributed by atoms with E-state index in [1.807, 2.05) is 0 Å². The second kappa shape index (κ2) is 4.32. The molecule has 1 fully saturated rings. The largest absolute Gasteiger partial charge is 0.367 e. The van der Waals surface area contributed by atoms with Gasteiger partial charge >= 0.3 is 0 Å². The molecule has 0 unspecified atom stereocenters. The maximum Gasteiger partial charge on any atom is 0.233 e. The minimum atomic E-state index is 0.384. The number of aromatic nitrogens is 2. The molecule has 0 saturated carbocycles. The molecule has 1 aromatic heterocycles. The summed E-state index contributed by atoms with van der Waals surface area (Å²) in [6.45, 7) is 2.31. The highest BCUT2D eigenvalue weighted by molar-refractivity contribution is 7.09. The molecule has 15 heavy (non-hydrogen) atoms. The number of piperidine rings is 1. The van der Waals surface area contributed by atoms with Crippen LogP contribution in [0.1, 0.15) is 12.8 Å². The molecule has 84 valence electrons. The van der Waals surface area contributed by atoms with Crippen LogP contribution in [0.5, 0.6) is 0 Å². The molecule has 0 aliphatic carbocycles. The van der Waals surface area contributed by atoms with Gasteiger partial charge in [0.05, 0.1) is 0 Å². The number of nitrogen functional groups attached to an aromatic ring is 1. The smallest absolute Gasteiger partial charge is 0.233 e. The summed E-state index contributed by atoms with van der Waals surface area (Å²) in [6, 6.07) is 0.577. The fraction of sp³-hybridized carbons (Fsp3) is 0.778. The van der Waals surface area contributed by atoms with E-state index in [1.165, 1.54) is 24.4 Å². The van der Waals surface area contributed by atoms with Crippen molar-refractivity contribution in [2.75, 3.05) is 37.8 Å². The lowest BCUT2D eigenvalue weighted by Gasteiger charge is -2.34. The monoisotopic (exact) mass is 227 g/mol. The molecule has 1 aliphatic rings. The summed E-state index contributed by atoms with van der Waals surface area (Å²) in [6.07, 6.45) is 2.37. The highest BCUT2D eigenvalue weighted by atomic mass is 32.1. The van der Waals surface area contributed by atoms with Gasteiger partial charge in [-0.15, -0.1) is 0 Å². The average Bonchev–Trinajstić information content (AvgIpc) is 2.65. The fourth-order valence-corrected chi connectivity index (χ4v) is 2.54. The summed E-state index contributed by atoms with van der Waals surface area (Å²) in [5.74, 6) is 0.384. The molecule has 1 aliphatic heterocycles. The van der Waals surface area contributed by atoms with Gasteiger partial charge in [0.25, 0.3) is 0 Å². The lowest BCUT2D eigenvalue weighted by molar-refractivity contribution is 0.253. The molecule has 6 heteroatoms. The van der Waals surface area contributed by atoms with Crippen LogP contribution < -0.4 is 10.6 Å². The van der Waals surface area contributed by atoms with Crippen molar-refractivity contribution in [3.8, 4) is 0 Å². The van der Waals surface area contributed by atoms with Crippen LogP contribution in [-0.2, 0) is 0 Å². The van der Waals surface area contributed by atoms with Gasteiger partial charge in [-0.3, -0.25) is 0 Å². The van der Waals surface area contributed by atoms with Crippen molar-refractivity contribution in [2.24, 2.45) is 0 Å². The van der Waals surface area contributed by atoms with Crippen LogP contribution in [0.2, 0.25) is 0 Å². The molecule has 2 N–H and O–H groups in total. The third kappa shape index (κ3) is 2.38. The molecule has 0 atom stereocenters. The van der Waals surface area contributed by atoms with Gasteiger partial charge in [-0.25, -0.2) is 0 Å². The summed E-state index contributed by atoms with van der Waals surface area (Å²) in [5, 5.41) is 0.932. The first-order valence-corrected chi connectivity index (χ1v) is 5.94. The Labute approximate surface area is 94.1 Å². The molecule has 2 rings (SSSR count). The van der Waals surface area contributed by atoms with Gasteiger partial charge in [0.15, 0.2) is 0 Å². The summed E-state index contributed by atoms with van der Waals surface area (Å²) >= 11 is 1.38. The van der Waals surface area contributed by atoms with E-state index < -0.39 is 0 Å². The van der Waals surface area contributed by atoms with Gasteiger partial charge in [-0.1, -0.05) is 0 Å². The van der Waals surface area contributed by atoms with Gasteiger partial charge in [0.2, 0.25) is 11.1 Å². The topological polar surface area (TPSA) is 58.3 Å². The lowest BCUT2D eigenvalue weighted by Crippen LogP contribution is -2.41. The zero-order chi connectivity index (χ0) is 10.8. The molecule has 0 spiro atoms. The molecule has 2 heterocycles. The van der Waals surface area contributed by atoms with Crippen LogP contribution in [0.4, 0.5) is 11.1 Å². The van der Waals surface area contributed by atoms with Gasteiger partial charge in [0, 0.05) is 24.6 Å². The van der Waals surface area contributed by atoms with Crippen molar-refractivity contribution in [1.29, 1.82) is 0 Å². The van der Waals surface area contributed by atoms with Crippen LogP contribution >= 0.6 is 11.5 Å². The Morgan fingerprint density at radius 2 is 2.13 bits per heavy atom. The third-order valence-electron chi connectivity index (χ3n) is 2.97. The Morgan fingerprint density at radius 3 is 2.67 bits per heavy atom. The molecule has 5 nitrogen and oxygen atoms in total. The van der Waals surface area contributed by atoms with Crippen molar-refractivity contribution in [3.05, 3.63) is 0 Å². The second-order valence-electron chi connectivity index (χ2n) is 4.08. The van der Waals surface area contributed by atoms with Crippen molar-refractivity contribution < 1.29 is 0 Å². The summed E-state index contributed by atoms with van der Waals surface area (Å²) in [7, 11) is 4.25. The Hall–Kier alpha value is -0.880. The minimum absolute atomic E-state index is 0.384. The van der Waals surface area contributed by atoms with E-state index in [1.54, 1.807) is 0 Å². The van der Waals surface area contributed by atoms with Crippen molar-refractivity contribution >= 4 is 22.6 Å². The van der Waals surface area contributed by atoms with E-state index in [0.717, 1.165) is 18.2 Å². The minimum Gasteiger partial charge on any atom is -0.367 e. The zero-order valence-corrected chi connectivity index (χ0v) is 10.00. The second-order valence-corrected chi connectivity index (χ2v) is 4.81. The number of hydrogen-bond acceptors (Lipinski definition) is 6. The fourth-order valence-electron chi connectivity index (χ4n) is 1.91. The Morgan fingerprint density at radius 1 is 1.47 bits per heavy atom. The summed E-state index contributed by atoms with van der Waals surface area (Å²) in [4.78, 5) is 8.77. The van der Waals surface area contributed by atoms with Crippen LogP contribution in [-0.4, -0.2) is 47.5 Å². The molecular formula is C9H17N5S. The number of likely N-dealkylation sites (tertiary alicyclic amines) is 1. The highest BCUT2D eigenvalue weighted by Gasteiger charge is 2.22. The van der Waals surface area contributed by atoms with E-state index >= 15 is 0 Å². The quantitative estimate of drug-likeness (QED) is 0.804. The number of hydrogen-bond donors (Lipinski definition) is 1. The number of rotatable bonds is 2. The first kappa shape index (κ1) is 10.6. The normalized spacial score (nSPS) is 19.3. The maximum absolute atomic E-state index is 5.52. The van der Waals surface area contributed by atoms with Crippen LogP contribution in [0.25, 0.3) is 0 Å². The van der Waals surface area contributed by atoms with Crippen LogP contribution in [0.3, 0.4) is 0 Å². The standard InChI is InChI=1S/C9H17N5S/c1-13-5-3-7(4-6-13)14(2)9-11-8(10)12-15-9/h7H,3-6H2,1-2H3,(H2,10,12). The Kier molecular flexibility index (Phi) is 3.06. The first-order chi connectivity index (χ1) is 7.16. The Bertz CT molecular complexity index is 318. The summed E-state index contributed by atoms with van der Waals surface area (Å²) < 4.78 is 4.00. The molecule has 0 aromatic carbocycles. The lowest BCUT2D eigenvalue weighted by atomic mass is 10.0. The van der Waals surface area contributed by atoms with Gasteiger partial charge in [0.1, 0.15) is 0 Å². The van der Waals surface area contributed by atoms with Crippen molar-refractivity contribution in [1.82, 2.24) is 14.3 Å². The average molecular weight is 227 g/mol. The molecule has 0 bridgehead atoms. The first-order valence-electron chi connectivity index (χ1n) is 5.17. The van der Waals surface area contributed by atoms with E-state index in [9.17, 15) is 0 Å². The highest BCUT2D eigenvalue weighted by Crippen LogP contribution is 2.23. The molecule has 0 radical (unpaired) electrons. The maximum atomic E-state index is 5.52. The number of nitrogens with zero attached hydrogens (tertiary/aromatic N) is 4. The van der Waals surface area contributed by atoms with E-state index in [-0.39, 0.29) is 0 Å². The molecular weight excluding hydrogens is 210 g/mol. The van der Waals surface area contributed by atoms with Gasteiger partial charge in [-0.2, -0.15) is 9.36 Å². The van der Waals surface area contributed by atoms with E-state index in [0.29, 0.717) is 12.0 Å². The van der Waals surface area contributed by atoms with Gasteiger partial charge in [-0.05, 0) is 33.0 Å². The number of nitrogens with two attached hydrogens (primary N) is 1. The SMILES string of the molecule is CN1CCC(N(C)c2nc(N)ns2)CC1. The van der Waals surface area contributed by atoms with Gasteiger partial charge < -0.3 is 15.5 Å². The molecule has 0 amide bonds. The van der Waals surface area contributed by atoms with E-state index in [4.69, 9.17) is 5.73 Å². The van der Waals surface area contributed by atoms with Crippen LogP contribution in [0.15, 0.2) is 0 Å². The molecule has 1 aromatic rings. The summed E-state index contributed by atoms with van der Waals surface area (Å²) in [5.41, 5.74) is 5.52. The molecule has 1 saturated heterocycles.